The average molecular weight is 224 g/mol. The van der Waals surface area contributed by atoms with Crippen molar-refractivity contribution in [1.29, 1.82) is 0 Å². The molecular weight excluding hydrogens is 208 g/mol. The van der Waals surface area contributed by atoms with E-state index in [1.807, 2.05) is 44.2 Å². The molecule has 4 nitrogen and oxygen atoms in total. The highest BCUT2D eigenvalue weighted by Gasteiger charge is 2.39. The number of rotatable bonds is 2. The van der Waals surface area contributed by atoms with Crippen LogP contribution in [-0.4, -0.2) is 6.29 Å². The maximum atomic E-state index is 5.28. The van der Waals surface area contributed by atoms with Gasteiger partial charge in [-0.1, -0.05) is 44.2 Å². The molecule has 0 bridgehead atoms. The molecule has 0 aromatic heterocycles. The summed E-state index contributed by atoms with van der Waals surface area (Å²) in [6.07, 6.45) is -0.489. The van der Waals surface area contributed by atoms with Crippen molar-refractivity contribution < 1.29 is 19.6 Å². The van der Waals surface area contributed by atoms with Crippen LogP contribution in [0.15, 0.2) is 30.3 Å². The van der Waals surface area contributed by atoms with Crippen molar-refractivity contribution in [2.45, 2.75) is 32.8 Å². The van der Waals surface area contributed by atoms with E-state index in [9.17, 15) is 0 Å². The van der Waals surface area contributed by atoms with Crippen LogP contribution in [0.3, 0.4) is 0 Å². The van der Waals surface area contributed by atoms with Gasteiger partial charge in [0.05, 0.1) is 0 Å². The highest BCUT2D eigenvalue weighted by molar-refractivity contribution is 5.19. The molecule has 0 saturated carbocycles. The molecule has 1 aromatic rings. The lowest BCUT2D eigenvalue weighted by Crippen LogP contribution is -2.41. The van der Waals surface area contributed by atoms with Crippen LogP contribution >= 0.6 is 0 Å². The lowest BCUT2D eigenvalue weighted by atomic mass is 10.1. The fraction of sp³-hybridized carbons (Fsp3) is 0.500. The van der Waals surface area contributed by atoms with Gasteiger partial charge in [-0.2, -0.15) is 19.6 Å². The van der Waals surface area contributed by atoms with E-state index in [4.69, 9.17) is 19.6 Å². The molecule has 0 radical (unpaired) electrons. The van der Waals surface area contributed by atoms with Crippen molar-refractivity contribution >= 4 is 0 Å². The standard InChI is InChI=1S/C12H16O4/c1-9(2)11-13-15-12(3,16-14-11)10-7-5-4-6-8-10/h4-9,11H,1-3H3. The quantitative estimate of drug-likeness (QED) is 0.724. The molecule has 1 aromatic carbocycles. The third kappa shape index (κ3) is 2.25. The zero-order valence-corrected chi connectivity index (χ0v) is 9.67. The van der Waals surface area contributed by atoms with Gasteiger partial charge in [-0.25, -0.2) is 0 Å². The number of hydrogen-bond donors (Lipinski definition) is 0. The highest BCUT2D eigenvalue weighted by Crippen LogP contribution is 2.33. The van der Waals surface area contributed by atoms with Gasteiger partial charge in [0.2, 0.25) is 6.29 Å². The molecule has 2 rings (SSSR count). The van der Waals surface area contributed by atoms with Crippen LogP contribution in [0.1, 0.15) is 26.3 Å². The molecule has 0 atom stereocenters. The van der Waals surface area contributed by atoms with Crippen molar-refractivity contribution in [3.63, 3.8) is 0 Å². The molecule has 1 heterocycles. The maximum absolute atomic E-state index is 5.28. The van der Waals surface area contributed by atoms with Gasteiger partial charge < -0.3 is 0 Å². The molecule has 0 spiro atoms. The summed E-state index contributed by atoms with van der Waals surface area (Å²) in [7, 11) is 0. The minimum Gasteiger partial charge on any atom is -0.198 e. The van der Waals surface area contributed by atoms with E-state index in [1.165, 1.54) is 0 Å². The van der Waals surface area contributed by atoms with Gasteiger partial charge in [0.15, 0.2) is 0 Å². The van der Waals surface area contributed by atoms with E-state index in [0.29, 0.717) is 0 Å². The van der Waals surface area contributed by atoms with Gasteiger partial charge in [0.1, 0.15) is 0 Å². The molecule has 0 unspecified atom stereocenters. The van der Waals surface area contributed by atoms with Gasteiger partial charge in [-0.05, 0) is 6.92 Å². The fourth-order valence-electron chi connectivity index (χ4n) is 1.37. The Balaban J connectivity index is 2.07. The maximum Gasteiger partial charge on any atom is 0.256 e. The van der Waals surface area contributed by atoms with Crippen molar-refractivity contribution in [2.75, 3.05) is 0 Å². The third-order valence-corrected chi connectivity index (χ3v) is 2.45. The number of benzene rings is 1. The molecule has 0 amide bonds. The second kappa shape index (κ2) is 4.51. The minimum atomic E-state index is -1.01. The molecule has 16 heavy (non-hydrogen) atoms. The van der Waals surface area contributed by atoms with Gasteiger partial charge in [-0.15, -0.1) is 0 Å². The SMILES string of the molecule is CC(C)C1OOC(C)(c2ccccc2)OO1. The first kappa shape index (κ1) is 11.5. The lowest BCUT2D eigenvalue weighted by molar-refractivity contribution is -0.634. The zero-order chi connectivity index (χ0) is 11.6. The predicted molar refractivity (Wildman–Crippen MR) is 56.8 cm³/mol. The summed E-state index contributed by atoms with van der Waals surface area (Å²) in [5.74, 6) is -0.840. The van der Waals surface area contributed by atoms with Crippen LogP contribution in [-0.2, 0) is 25.3 Å². The van der Waals surface area contributed by atoms with Gasteiger partial charge >= 0.3 is 0 Å². The molecular formula is C12H16O4. The highest BCUT2D eigenvalue weighted by atomic mass is 17.4. The second-order valence-electron chi connectivity index (χ2n) is 4.28. The van der Waals surface area contributed by atoms with Crippen molar-refractivity contribution in [2.24, 2.45) is 5.92 Å². The Bertz CT molecular complexity index is 328. The first-order chi connectivity index (χ1) is 7.62. The Morgan fingerprint density at radius 2 is 1.62 bits per heavy atom. The topological polar surface area (TPSA) is 36.9 Å². The van der Waals surface area contributed by atoms with Crippen LogP contribution in [0.2, 0.25) is 0 Å². The summed E-state index contributed by atoms with van der Waals surface area (Å²) in [4.78, 5) is 20.9. The van der Waals surface area contributed by atoms with Gasteiger partial charge in [0.25, 0.3) is 5.79 Å². The molecule has 1 aliphatic rings. The largest absolute Gasteiger partial charge is 0.256 e. The summed E-state index contributed by atoms with van der Waals surface area (Å²) in [5, 5.41) is 0. The summed E-state index contributed by atoms with van der Waals surface area (Å²) in [6.45, 7) is 5.67. The normalized spacial score (nSPS) is 30.6. The first-order valence-corrected chi connectivity index (χ1v) is 5.36. The van der Waals surface area contributed by atoms with Gasteiger partial charge in [0, 0.05) is 11.5 Å². The molecule has 1 fully saturated rings. The molecule has 1 aliphatic heterocycles. The monoisotopic (exact) mass is 224 g/mol. The first-order valence-electron chi connectivity index (χ1n) is 5.36. The van der Waals surface area contributed by atoms with E-state index in [1.54, 1.807) is 6.92 Å². The molecule has 1 saturated heterocycles. The lowest BCUT2D eigenvalue weighted by Gasteiger charge is -2.35. The summed E-state index contributed by atoms with van der Waals surface area (Å²) in [5.41, 5.74) is 0.845. The Hall–Kier alpha value is -0.940. The van der Waals surface area contributed by atoms with Crippen LogP contribution in [0.5, 0.6) is 0 Å². The van der Waals surface area contributed by atoms with Crippen molar-refractivity contribution in [3.8, 4) is 0 Å². The molecule has 88 valence electrons. The zero-order valence-electron chi connectivity index (χ0n) is 9.67. The predicted octanol–water partition coefficient (Wildman–Crippen LogP) is 2.75. The Kier molecular flexibility index (Phi) is 3.25. The second-order valence-corrected chi connectivity index (χ2v) is 4.28. The summed E-state index contributed by atoms with van der Waals surface area (Å²) >= 11 is 0. The number of hydrogen-bond acceptors (Lipinski definition) is 4. The van der Waals surface area contributed by atoms with Crippen LogP contribution in [0, 0.1) is 5.92 Å². The van der Waals surface area contributed by atoms with E-state index in [0.717, 1.165) is 5.56 Å². The smallest absolute Gasteiger partial charge is 0.198 e. The van der Waals surface area contributed by atoms with E-state index >= 15 is 0 Å². The third-order valence-electron chi connectivity index (χ3n) is 2.45. The van der Waals surface area contributed by atoms with Crippen molar-refractivity contribution in [3.05, 3.63) is 35.9 Å². The van der Waals surface area contributed by atoms with Crippen LogP contribution < -0.4 is 0 Å². The molecule has 0 aliphatic carbocycles. The Morgan fingerprint density at radius 3 is 2.12 bits per heavy atom. The minimum absolute atomic E-state index is 0.167. The van der Waals surface area contributed by atoms with Gasteiger partial charge in [-0.3, -0.25) is 0 Å². The van der Waals surface area contributed by atoms with Crippen molar-refractivity contribution in [1.82, 2.24) is 0 Å². The summed E-state index contributed by atoms with van der Waals surface area (Å²) in [6, 6.07) is 9.52. The fourth-order valence-corrected chi connectivity index (χ4v) is 1.37. The molecule has 4 heteroatoms. The van der Waals surface area contributed by atoms with Crippen LogP contribution in [0.4, 0.5) is 0 Å². The Labute approximate surface area is 94.9 Å². The summed E-state index contributed by atoms with van der Waals surface area (Å²) < 4.78 is 0. The van der Waals surface area contributed by atoms with E-state index < -0.39 is 12.1 Å². The van der Waals surface area contributed by atoms with E-state index in [2.05, 4.69) is 0 Å². The Morgan fingerprint density at radius 1 is 1.06 bits per heavy atom. The van der Waals surface area contributed by atoms with Crippen LogP contribution in [0.25, 0.3) is 0 Å². The molecule has 0 N–H and O–H groups in total. The average Bonchev–Trinajstić information content (AvgIpc) is 2.31. The van der Waals surface area contributed by atoms with E-state index in [-0.39, 0.29) is 5.92 Å².